The number of ether oxygens (including phenoxy) is 2. The third kappa shape index (κ3) is 43.8. The van der Waals surface area contributed by atoms with Gasteiger partial charge in [-0.25, -0.2) is 4.57 Å². The summed E-state index contributed by atoms with van der Waals surface area (Å²) in [5.41, 5.74) is 0. The van der Waals surface area contributed by atoms with Crippen LogP contribution in [-0.4, -0.2) is 41.0 Å². The molecule has 322 valence electrons. The first kappa shape index (κ1) is 53.0. The van der Waals surface area contributed by atoms with Crippen LogP contribution in [0.5, 0.6) is 0 Å². The van der Waals surface area contributed by atoms with E-state index in [1.165, 1.54) is 167 Å². The molecule has 0 saturated heterocycles. The minimum absolute atomic E-state index is 0.219. The largest absolute Gasteiger partial charge is 0.469 e. The SMILES string of the molecule is CC(C)CCCCCCCCCCCCCCCCCC(=O)OC[C@H](COP(=O)(O)O)OC(=O)CCCCCCCCCCCCCCCCCC(C)C. The molecule has 54 heavy (non-hydrogen) atoms. The van der Waals surface area contributed by atoms with Crippen LogP contribution in [-0.2, 0) is 28.2 Å². The van der Waals surface area contributed by atoms with E-state index in [2.05, 4.69) is 32.2 Å². The number of unbranched alkanes of at least 4 members (excludes halogenated alkanes) is 28. The summed E-state index contributed by atoms with van der Waals surface area (Å²) in [6, 6.07) is 0. The van der Waals surface area contributed by atoms with E-state index in [9.17, 15) is 14.2 Å². The van der Waals surface area contributed by atoms with Crippen molar-refractivity contribution >= 4 is 19.8 Å². The first-order chi connectivity index (χ1) is 26.0. The topological polar surface area (TPSA) is 119 Å². The fourth-order valence-electron chi connectivity index (χ4n) is 7.04. The molecule has 0 fully saturated rings. The summed E-state index contributed by atoms with van der Waals surface area (Å²) in [6.45, 7) is 8.43. The van der Waals surface area contributed by atoms with Gasteiger partial charge in [0.15, 0.2) is 6.10 Å². The van der Waals surface area contributed by atoms with E-state index in [1.54, 1.807) is 0 Å². The van der Waals surface area contributed by atoms with Crippen molar-refractivity contribution in [2.24, 2.45) is 11.8 Å². The van der Waals surface area contributed by atoms with Crippen molar-refractivity contribution in [2.75, 3.05) is 13.2 Å². The van der Waals surface area contributed by atoms with Crippen LogP contribution in [0.4, 0.5) is 0 Å². The molecule has 2 N–H and O–H groups in total. The third-order valence-corrected chi connectivity index (χ3v) is 11.0. The molecule has 1 atom stereocenters. The highest BCUT2D eigenvalue weighted by Crippen LogP contribution is 2.36. The van der Waals surface area contributed by atoms with Crippen molar-refractivity contribution in [1.82, 2.24) is 0 Å². The molecule has 0 aliphatic rings. The minimum atomic E-state index is -4.75. The highest BCUT2D eigenvalue weighted by Gasteiger charge is 2.23. The second-order valence-electron chi connectivity index (χ2n) is 17.1. The van der Waals surface area contributed by atoms with Crippen molar-refractivity contribution in [3.63, 3.8) is 0 Å². The zero-order chi connectivity index (χ0) is 40.0. The monoisotopic (exact) mass is 789 g/mol. The van der Waals surface area contributed by atoms with E-state index in [-0.39, 0.29) is 19.4 Å². The van der Waals surface area contributed by atoms with Gasteiger partial charge >= 0.3 is 19.8 Å². The van der Waals surface area contributed by atoms with E-state index in [1.807, 2.05) is 0 Å². The van der Waals surface area contributed by atoms with Crippen LogP contribution in [0.25, 0.3) is 0 Å². The lowest BCUT2D eigenvalue weighted by Gasteiger charge is -2.18. The number of phosphoric ester groups is 1. The Bertz CT molecular complexity index is 874. The van der Waals surface area contributed by atoms with E-state index >= 15 is 0 Å². The summed E-state index contributed by atoms with van der Waals surface area (Å²) < 4.78 is 26.5. The Hall–Kier alpha value is -0.950. The van der Waals surface area contributed by atoms with Crippen LogP contribution in [0.15, 0.2) is 0 Å². The first-order valence-corrected chi connectivity index (χ1v) is 24.6. The number of phosphoric acid groups is 1. The average molecular weight is 789 g/mol. The summed E-state index contributed by atoms with van der Waals surface area (Å²) >= 11 is 0. The van der Waals surface area contributed by atoms with Crippen LogP contribution in [0, 0.1) is 11.8 Å². The van der Waals surface area contributed by atoms with Crippen LogP contribution >= 0.6 is 7.82 Å². The van der Waals surface area contributed by atoms with Gasteiger partial charge in [-0.3, -0.25) is 14.1 Å². The van der Waals surface area contributed by atoms with Crippen molar-refractivity contribution in [3.05, 3.63) is 0 Å². The van der Waals surface area contributed by atoms with Gasteiger partial charge in [0.1, 0.15) is 6.61 Å². The van der Waals surface area contributed by atoms with Gasteiger partial charge in [0, 0.05) is 12.8 Å². The Balaban J connectivity index is 3.82. The average Bonchev–Trinajstić information content (AvgIpc) is 3.11. The fraction of sp³-hybridized carbons (Fsp3) is 0.956. The lowest BCUT2D eigenvalue weighted by molar-refractivity contribution is -0.161. The minimum Gasteiger partial charge on any atom is -0.462 e. The van der Waals surface area contributed by atoms with Crippen LogP contribution in [0.3, 0.4) is 0 Å². The number of rotatable bonds is 42. The van der Waals surface area contributed by atoms with Crippen LogP contribution in [0.1, 0.15) is 246 Å². The number of hydrogen-bond donors (Lipinski definition) is 2. The summed E-state index contributed by atoms with van der Waals surface area (Å²) in [5.74, 6) is 0.808. The Morgan fingerprint density at radius 2 is 0.704 bits per heavy atom. The van der Waals surface area contributed by atoms with Gasteiger partial charge in [0.2, 0.25) is 0 Å². The normalized spacial score (nSPS) is 12.5. The second kappa shape index (κ2) is 38.9. The third-order valence-electron chi connectivity index (χ3n) is 10.5. The molecule has 9 heteroatoms. The number of carbonyl (C=O) groups excluding carboxylic acids is 2. The van der Waals surface area contributed by atoms with Gasteiger partial charge in [-0.1, -0.05) is 220 Å². The van der Waals surface area contributed by atoms with Gasteiger partial charge in [-0.05, 0) is 24.7 Å². The highest BCUT2D eigenvalue weighted by molar-refractivity contribution is 7.46. The predicted octanol–water partition coefficient (Wildman–Crippen LogP) is 14.1. The van der Waals surface area contributed by atoms with E-state index in [0.717, 1.165) is 43.9 Å². The summed E-state index contributed by atoms with van der Waals surface area (Å²) in [5, 5.41) is 0. The van der Waals surface area contributed by atoms with Crippen LogP contribution in [0.2, 0.25) is 0 Å². The molecular formula is C45H89O8P. The molecule has 0 aromatic rings. The summed E-state index contributed by atoms with van der Waals surface area (Å²) in [6.07, 6.45) is 39.7. The Kier molecular flexibility index (Phi) is 38.2. The predicted molar refractivity (Wildman–Crippen MR) is 225 cm³/mol. The Labute approximate surface area is 334 Å². The fourth-order valence-corrected chi connectivity index (χ4v) is 7.40. The van der Waals surface area contributed by atoms with Crippen LogP contribution < -0.4 is 0 Å². The molecule has 0 aromatic heterocycles. The maximum atomic E-state index is 12.4. The standard InChI is InChI=1S/C45H89O8P/c1-41(2)35-31-27-23-19-15-11-7-5-9-13-17-21-25-29-33-37-44(46)51-39-43(40-52-54(48,49)50)53-45(47)38-34-30-26-22-18-14-10-6-8-12-16-20-24-28-32-36-42(3)4/h41-43H,5-40H2,1-4H3,(H2,48,49,50)/t43-/m1/s1. The van der Waals surface area contributed by atoms with Gasteiger partial charge in [-0.2, -0.15) is 0 Å². The first-order valence-electron chi connectivity index (χ1n) is 23.0. The van der Waals surface area contributed by atoms with Crippen molar-refractivity contribution < 1.29 is 37.9 Å². The molecule has 0 spiro atoms. The molecule has 0 heterocycles. The summed E-state index contributed by atoms with van der Waals surface area (Å²) in [7, 11) is -4.75. The molecule has 0 saturated carbocycles. The zero-order valence-corrected chi connectivity index (χ0v) is 36.9. The molecule has 0 rings (SSSR count). The Morgan fingerprint density at radius 3 is 1.00 bits per heavy atom. The maximum Gasteiger partial charge on any atom is 0.469 e. The highest BCUT2D eigenvalue weighted by atomic mass is 31.2. The molecule has 8 nitrogen and oxygen atoms in total. The van der Waals surface area contributed by atoms with E-state index in [0.29, 0.717) is 6.42 Å². The Morgan fingerprint density at radius 1 is 0.426 bits per heavy atom. The molecule has 0 unspecified atom stereocenters. The molecule has 0 amide bonds. The smallest absolute Gasteiger partial charge is 0.462 e. The lowest BCUT2D eigenvalue weighted by Crippen LogP contribution is -2.29. The maximum absolute atomic E-state index is 12.4. The van der Waals surface area contributed by atoms with Gasteiger partial charge in [-0.15, -0.1) is 0 Å². The lowest BCUT2D eigenvalue weighted by atomic mass is 10.0. The number of esters is 2. The van der Waals surface area contributed by atoms with Gasteiger partial charge in [0.05, 0.1) is 6.61 Å². The van der Waals surface area contributed by atoms with Crippen molar-refractivity contribution in [3.8, 4) is 0 Å². The van der Waals surface area contributed by atoms with E-state index < -0.39 is 32.5 Å². The number of carbonyl (C=O) groups is 2. The van der Waals surface area contributed by atoms with Gasteiger partial charge in [0.25, 0.3) is 0 Å². The molecule has 0 aliphatic heterocycles. The van der Waals surface area contributed by atoms with Crippen molar-refractivity contribution in [2.45, 2.75) is 252 Å². The molecule has 0 aromatic carbocycles. The van der Waals surface area contributed by atoms with Gasteiger partial charge < -0.3 is 19.3 Å². The number of hydrogen-bond acceptors (Lipinski definition) is 6. The quantitative estimate of drug-likeness (QED) is 0.0356. The molecule has 0 aliphatic carbocycles. The summed E-state index contributed by atoms with van der Waals surface area (Å²) in [4.78, 5) is 43.0. The molecule has 0 radical (unpaired) electrons. The second-order valence-corrected chi connectivity index (χ2v) is 18.3. The molecular weight excluding hydrogens is 699 g/mol. The van der Waals surface area contributed by atoms with Crippen molar-refractivity contribution in [1.29, 1.82) is 0 Å². The van der Waals surface area contributed by atoms with E-state index in [4.69, 9.17) is 19.3 Å². The molecule has 0 bridgehead atoms. The zero-order valence-electron chi connectivity index (χ0n) is 36.0.